The number of amides is 2. The van der Waals surface area contributed by atoms with E-state index in [0.29, 0.717) is 23.4 Å². The number of rotatable bonds is 6. The molecular weight excluding hydrogens is 382 g/mol. The number of nitrogens with one attached hydrogen (secondary N) is 2. The summed E-state index contributed by atoms with van der Waals surface area (Å²) < 4.78 is 2.33. The van der Waals surface area contributed by atoms with E-state index in [4.69, 9.17) is 0 Å². The molecule has 0 saturated carbocycles. The summed E-state index contributed by atoms with van der Waals surface area (Å²) in [4.78, 5) is 37.3. The molecule has 2 aromatic carbocycles. The van der Waals surface area contributed by atoms with E-state index in [-0.39, 0.29) is 18.4 Å². The molecule has 0 saturated heterocycles. The minimum Gasteiger partial charge on any atom is -0.348 e. The molecule has 0 unspecified atom stereocenters. The number of carbonyl (C=O) groups excluding carboxylic acids is 2. The van der Waals surface area contributed by atoms with Crippen LogP contribution in [0.4, 0.5) is 5.69 Å². The number of anilines is 1. The third-order valence-corrected chi connectivity index (χ3v) is 4.49. The third kappa shape index (κ3) is 4.27. The number of nitrogens with zero attached hydrogens (tertiary/aromatic N) is 3. The lowest BCUT2D eigenvalue weighted by molar-refractivity contribution is -0.117. The van der Waals surface area contributed by atoms with Crippen molar-refractivity contribution in [1.82, 2.24) is 19.5 Å². The lowest BCUT2D eigenvalue weighted by Gasteiger charge is -2.05. The minimum atomic E-state index is -0.495. The van der Waals surface area contributed by atoms with Crippen molar-refractivity contribution in [3.63, 3.8) is 0 Å². The average molecular weight is 401 g/mol. The van der Waals surface area contributed by atoms with Crippen molar-refractivity contribution in [3.8, 4) is 0 Å². The van der Waals surface area contributed by atoms with Gasteiger partial charge in [0.1, 0.15) is 6.54 Å². The average Bonchev–Trinajstić information content (AvgIpc) is 3.08. The van der Waals surface area contributed by atoms with Gasteiger partial charge in [-0.3, -0.25) is 9.59 Å². The van der Waals surface area contributed by atoms with E-state index < -0.39 is 5.69 Å². The molecule has 30 heavy (non-hydrogen) atoms. The molecule has 2 aromatic heterocycles. The van der Waals surface area contributed by atoms with Crippen LogP contribution in [0.3, 0.4) is 0 Å². The van der Waals surface area contributed by atoms with E-state index in [9.17, 15) is 14.4 Å². The standard InChI is InChI=1S/C22H19N5O3/c28-20(24-18-9-5-2-6-10-18)15-27-22(30)26-14-17(11-12-19(26)25-27)21(29)23-13-16-7-3-1-4-8-16/h1-12,14H,13,15H2,(H,23,29)(H,24,28). The van der Waals surface area contributed by atoms with Gasteiger partial charge in [0.2, 0.25) is 5.91 Å². The first-order valence-corrected chi connectivity index (χ1v) is 9.36. The zero-order valence-electron chi connectivity index (χ0n) is 16.0. The van der Waals surface area contributed by atoms with E-state index >= 15 is 0 Å². The van der Waals surface area contributed by atoms with Crippen LogP contribution in [-0.4, -0.2) is 26.0 Å². The van der Waals surface area contributed by atoms with Crippen LogP contribution in [0.1, 0.15) is 15.9 Å². The second-order valence-electron chi connectivity index (χ2n) is 6.67. The Bertz CT molecular complexity index is 1250. The summed E-state index contributed by atoms with van der Waals surface area (Å²) in [6, 6.07) is 21.7. The fraction of sp³-hybridized carbons (Fsp3) is 0.0909. The number of para-hydroxylation sites is 1. The Balaban J connectivity index is 1.48. The fourth-order valence-corrected chi connectivity index (χ4v) is 2.99. The second-order valence-corrected chi connectivity index (χ2v) is 6.67. The van der Waals surface area contributed by atoms with Gasteiger partial charge in [0.25, 0.3) is 5.91 Å². The monoisotopic (exact) mass is 401 g/mol. The van der Waals surface area contributed by atoms with Crippen molar-refractivity contribution in [1.29, 1.82) is 0 Å². The van der Waals surface area contributed by atoms with Crippen LogP contribution < -0.4 is 16.3 Å². The Kier molecular flexibility index (Phi) is 5.38. The topological polar surface area (TPSA) is 97.5 Å². The van der Waals surface area contributed by atoms with Crippen molar-refractivity contribution in [3.05, 3.63) is 101 Å². The zero-order valence-corrected chi connectivity index (χ0v) is 16.0. The lowest BCUT2D eigenvalue weighted by Crippen LogP contribution is -2.28. The molecule has 8 nitrogen and oxygen atoms in total. The summed E-state index contributed by atoms with van der Waals surface area (Å²) in [5.41, 5.74) is 1.80. The van der Waals surface area contributed by atoms with Crippen LogP contribution in [0.15, 0.2) is 83.8 Å². The summed E-state index contributed by atoms with van der Waals surface area (Å²) in [6.45, 7) is 0.149. The molecule has 0 spiro atoms. The Hall–Kier alpha value is -4.20. The maximum atomic E-state index is 12.6. The molecule has 0 aliphatic heterocycles. The molecule has 2 amide bonds. The van der Waals surface area contributed by atoms with Crippen LogP contribution >= 0.6 is 0 Å². The highest BCUT2D eigenvalue weighted by atomic mass is 16.2. The van der Waals surface area contributed by atoms with E-state index in [2.05, 4.69) is 15.7 Å². The van der Waals surface area contributed by atoms with Crippen molar-refractivity contribution >= 4 is 23.1 Å². The van der Waals surface area contributed by atoms with Gasteiger partial charge in [-0.1, -0.05) is 48.5 Å². The number of aromatic nitrogens is 3. The van der Waals surface area contributed by atoms with Gasteiger partial charge >= 0.3 is 5.69 Å². The summed E-state index contributed by atoms with van der Waals surface area (Å²) in [6.07, 6.45) is 1.43. The predicted molar refractivity (Wildman–Crippen MR) is 112 cm³/mol. The van der Waals surface area contributed by atoms with Crippen molar-refractivity contribution in [2.75, 3.05) is 5.32 Å². The van der Waals surface area contributed by atoms with Gasteiger partial charge in [-0.2, -0.15) is 0 Å². The van der Waals surface area contributed by atoms with Crippen molar-refractivity contribution in [2.24, 2.45) is 0 Å². The van der Waals surface area contributed by atoms with Crippen LogP contribution in [0.5, 0.6) is 0 Å². The highest BCUT2D eigenvalue weighted by Gasteiger charge is 2.13. The van der Waals surface area contributed by atoms with Gasteiger partial charge in [0, 0.05) is 18.4 Å². The number of benzene rings is 2. The smallest absolute Gasteiger partial charge is 0.348 e. The molecule has 4 rings (SSSR count). The van der Waals surface area contributed by atoms with Crippen molar-refractivity contribution in [2.45, 2.75) is 13.1 Å². The third-order valence-electron chi connectivity index (χ3n) is 4.49. The molecule has 0 aliphatic carbocycles. The number of pyridine rings is 1. The van der Waals surface area contributed by atoms with Crippen LogP contribution in [0.25, 0.3) is 5.65 Å². The molecule has 0 atom stereocenters. The first kappa shape index (κ1) is 19.1. The maximum absolute atomic E-state index is 12.6. The molecule has 0 fully saturated rings. The summed E-state index contributed by atoms with van der Waals surface area (Å²) in [7, 11) is 0. The Morgan fingerprint density at radius 2 is 1.60 bits per heavy atom. The molecule has 8 heteroatoms. The van der Waals surface area contributed by atoms with E-state index in [0.717, 1.165) is 10.2 Å². The predicted octanol–water partition coefficient (Wildman–Crippen LogP) is 2.06. The van der Waals surface area contributed by atoms with E-state index in [1.54, 1.807) is 36.4 Å². The highest BCUT2D eigenvalue weighted by molar-refractivity contribution is 5.94. The van der Waals surface area contributed by atoms with Gasteiger partial charge in [0.15, 0.2) is 5.65 Å². The molecule has 150 valence electrons. The number of fused-ring (bicyclic) bond motifs is 1. The van der Waals surface area contributed by atoms with Crippen LogP contribution in [0, 0.1) is 0 Å². The minimum absolute atomic E-state index is 0.231. The molecule has 4 aromatic rings. The Labute approximate surface area is 171 Å². The normalized spacial score (nSPS) is 10.7. The van der Waals surface area contributed by atoms with Crippen molar-refractivity contribution < 1.29 is 9.59 Å². The van der Waals surface area contributed by atoms with Crippen LogP contribution in [-0.2, 0) is 17.9 Å². The zero-order chi connectivity index (χ0) is 20.9. The molecule has 0 radical (unpaired) electrons. The van der Waals surface area contributed by atoms with Gasteiger partial charge in [-0.15, -0.1) is 5.10 Å². The first-order valence-electron chi connectivity index (χ1n) is 9.36. The van der Waals surface area contributed by atoms with Gasteiger partial charge in [0.05, 0.1) is 5.56 Å². The molecule has 2 heterocycles. The Morgan fingerprint density at radius 3 is 2.33 bits per heavy atom. The molecule has 0 aliphatic rings. The highest BCUT2D eigenvalue weighted by Crippen LogP contribution is 2.06. The number of hydrogen-bond donors (Lipinski definition) is 2. The van der Waals surface area contributed by atoms with Gasteiger partial charge in [-0.25, -0.2) is 13.9 Å². The quantitative estimate of drug-likeness (QED) is 0.517. The molecule has 0 bridgehead atoms. The maximum Gasteiger partial charge on any atom is 0.350 e. The van der Waals surface area contributed by atoms with Crippen LogP contribution in [0.2, 0.25) is 0 Å². The fourth-order valence-electron chi connectivity index (χ4n) is 2.99. The largest absolute Gasteiger partial charge is 0.350 e. The number of carbonyl (C=O) groups is 2. The van der Waals surface area contributed by atoms with Gasteiger partial charge in [-0.05, 0) is 29.8 Å². The summed E-state index contributed by atoms with van der Waals surface area (Å²) in [5, 5.41) is 9.69. The molecule has 2 N–H and O–H groups in total. The SMILES string of the molecule is O=C(Cn1nc2ccc(C(=O)NCc3ccccc3)cn2c1=O)Nc1ccccc1. The number of hydrogen-bond acceptors (Lipinski definition) is 4. The Morgan fingerprint density at radius 1 is 0.900 bits per heavy atom. The van der Waals surface area contributed by atoms with Gasteiger partial charge < -0.3 is 10.6 Å². The molecular formula is C22H19N5O3. The van der Waals surface area contributed by atoms with E-state index in [1.165, 1.54) is 10.6 Å². The summed E-state index contributed by atoms with van der Waals surface area (Å²) in [5.74, 6) is -0.672. The van der Waals surface area contributed by atoms with E-state index in [1.807, 2.05) is 36.4 Å². The summed E-state index contributed by atoms with van der Waals surface area (Å²) >= 11 is 0. The lowest BCUT2D eigenvalue weighted by atomic mass is 10.2. The second kappa shape index (κ2) is 8.44. The first-order chi connectivity index (χ1) is 14.6.